The van der Waals surface area contributed by atoms with Crippen LogP contribution in [0.25, 0.3) is 10.2 Å². The van der Waals surface area contributed by atoms with Gasteiger partial charge in [-0.15, -0.1) is 0 Å². The van der Waals surface area contributed by atoms with E-state index in [4.69, 9.17) is 26.1 Å². The van der Waals surface area contributed by atoms with Gasteiger partial charge in [-0.1, -0.05) is 35.1 Å². The molecule has 0 spiro atoms. The van der Waals surface area contributed by atoms with Crippen molar-refractivity contribution in [1.82, 2.24) is 9.88 Å². The van der Waals surface area contributed by atoms with Gasteiger partial charge in [0, 0.05) is 37.7 Å². The molecule has 0 atom stereocenters. The number of ether oxygens (including phenoxy) is 2. The normalized spacial score (nSPS) is 14.8. The Morgan fingerprint density at radius 3 is 2.77 bits per heavy atom. The predicted molar refractivity (Wildman–Crippen MR) is 121 cm³/mol. The second-order valence-electron chi connectivity index (χ2n) is 7.00. The molecule has 4 rings (SSSR count). The highest BCUT2D eigenvalue weighted by molar-refractivity contribution is 7.22. The molecule has 0 amide bonds. The maximum atomic E-state index is 12.1. The molecule has 1 aromatic heterocycles. The van der Waals surface area contributed by atoms with Crippen molar-refractivity contribution in [2.24, 2.45) is 0 Å². The number of hydrogen-bond acceptors (Lipinski definition) is 7. The van der Waals surface area contributed by atoms with Gasteiger partial charge in [0.15, 0.2) is 5.13 Å². The van der Waals surface area contributed by atoms with Crippen molar-refractivity contribution in [3.8, 4) is 5.75 Å². The van der Waals surface area contributed by atoms with Gasteiger partial charge in [-0.3, -0.25) is 4.90 Å². The van der Waals surface area contributed by atoms with Gasteiger partial charge in [0.05, 0.1) is 16.8 Å². The van der Waals surface area contributed by atoms with Crippen LogP contribution in [0.2, 0.25) is 5.02 Å². The van der Waals surface area contributed by atoms with E-state index >= 15 is 0 Å². The van der Waals surface area contributed by atoms with E-state index in [2.05, 4.69) is 9.80 Å². The molecule has 30 heavy (non-hydrogen) atoms. The highest BCUT2D eigenvalue weighted by Gasteiger charge is 2.20. The summed E-state index contributed by atoms with van der Waals surface area (Å²) in [7, 11) is 0. The minimum Gasteiger partial charge on any atom is -0.491 e. The quantitative estimate of drug-likeness (QED) is 0.504. The van der Waals surface area contributed by atoms with E-state index in [1.54, 1.807) is 24.3 Å². The van der Waals surface area contributed by atoms with Crippen LogP contribution >= 0.6 is 22.9 Å². The van der Waals surface area contributed by atoms with Crippen LogP contribution in [0.15, 0.2) is 42.5 Å². The summed E-state index contributed by atoms with van der Waals surface area (Å²) in [5.74, 6) is 0.224. The number of piperazine rings is 1. The van der Waals surface area contributed by atoms with Gasteiger partial charge >= 0.3 is 5.97 Å². The number of esters is 1. The number of carbonyl (C=O) groups is 1. The summed E-state index contributed by atoms with van der Waals surface area (Å²) < 4.78 is 12.1. The van der Waals surface area contributed by atoms with Crippen LogP contribution in [0.5, 0.6) is 5.75 Å². The summed E-state index contributed by atoms with van der Waals surface area (Å²) in [5, 5.41) is 1.79. The summed E-state index contributed by atoms with van der Waals surface area (Å²) in [6.07, 6.45) is 0. The summed E-state index contributed by atoms with van der Waals surface area (Å²) in [4.78, 5) is 21.5. The molecule has 6 nitrogen and oxygen atoms in total. The van der Waals surface area contributed by atoms with Crippen molar-refractivity contribution in [3.05, 3.63) is 53.1 Å². The molecule has 1 aliphatic rings. The third kappa shape index (κ3) is 4.86. The summed E-state index contributed by atoms with van der Waals surface area (Å²) in [6.45, 7) is 7.21. The van der Waals surface area contributed by atoms with Crippen LogP contribution in [0.3, 0.4) is 0 Å². The van der Waals surface area contributed by atoms with E-state index in [1.165, 1.54) is 0 Å². The molecule has 0 unspecified atom stereocenters. The number of nitrogens with zero attached hydrogens (tertiary/aromatic N) is 3. The zero-order valence-electron chi connectivity index (χ0n) is 16.8. The second-order valence-corrected chi connectivity index (χ2v) is 8.45. The molecule has 1 saturated heterocycles. The van der Waals surface area contributed by atoms with Crippen molar-refractivity contribution in [2.75, 3.05) is 50.8 Å². The highest BCUT2D eigenvalue weighted by Crippen LogP contribution is 2.31. The van der Waals surface area contributed by atoms with Crippen molar-refractivity contribution >= 4 is 44.3 Å². The topological polar surface area (TPSA) is 54.9 Å². The number of aromatic nitrogens is 1. The van der Waals surface area contributed by atoms with Gasteiger partial charge in [-0.2, -0.15) is 0 Å². The van der Waals surface area contributed by atoms with E-state index in [1.807, 2.05) is 36.4 Å². The highest BCUT2D eigenvalue weighted by atomic mass is 35.5. The first-order valence-electron chi connectivity index (χ1n) is 10.1. The number of fused-ring (bicyclic) bond motifs is 1. The van der Waals surface area contributed by atoms with Gasteiger partial charge in [-0.05, 0) is 37.3 Å². The molecule has 158 valence electrons. The zero-order valence-corrected chi connectivity index (χ0v) is 18.4. The van der Waals surface area contributed by atoms with Crippen molar-refractivity contribution < 1.29 is 14.3 Å². The van der Waals surface area contributed by atoms with Crippen LogP contribution in [-0.2, 0) is 4.74 Å². The molecule has 2 aromatic carbocycles. The molecule has 0 bridgehead atoms. The molecule has 2 heterocycles. The summed E-state index contributed by atoms with van der Waals surface area (Å²) in [6, 6.07) is 13.0. The Hall–Kier alpha value is -2.35. The van der Waals surface area contributed by atoms with Crippen LogP contribution in [0.4, 0.5) is 5.13 Å². The average molecular weight is 446 g/mol. The molecule has 1 aliphatic heterocycles. The number of para-hydroxylation sites is 1. The number of hydrogen-bond donors (Lipinski definition) is 0. The Labute approximate surface area is 185 Å². The van der Waals surface area contributed by atoms with Gasteiger partial charge in [-0.25, -0.2) is 9.78 Å². The van der Waals surface area contributed by atoms with E-state index in [0.29, 0.717) is 24.5 Å². The Morgan fingerprint density at radius 1 is 1.17 bits per heavy atom. The van der Waals surface area contributed by atoms with E-state index < -0.39 is 0 Å². The SMILES string of the molecule is CCOC(=O)c1ccccc1OCCN1CCN(c2nc3ccc(Cl)cc3s2)CC1. The number of halogens is 1. The molecule has 1 fully saturated rings. The Morgan fingerprint density at radius 2 is 1.97 bits per heavy atom. The Kier molecular flexibility index (Phi) is 6.72. The fourth-order valence-corrected chi connectivity index (χ4v) is 4.73. The van der Waals surface area contributed by atoms with Crippen LogP contribution < -0.4 is 9.64 Å². The van der Waals surface area contributed by atoms with Crippen LogP contribution in [0, 0.1) is 0 Å². The van der Waals surface area contributed by atoms with E-state index in [0.717, 1.165) is 53.1 Å². The minimum atomic E-state index is -0.348. The van der Waals surface area contributed by atoms with Crippen molar-refractivity contribution in [1.29, 1.82) is 0 Å². The smallest absolute Gasteiger partial charge is 0.341 e. The lowest BCUT2D eigenvalue weighted by Crippen LogP contribution is -2.47. The largest absolute Gasteiger partial charge is 0.491 e. The maximum Gasteiger partial charge on any atom is 0.341 e. The second kappa shape index (κ2) is 9.64. The first-order valence-corrected chi connectivity index (χ1v) is 11.3. The average Bonchev–Trinajstić information content (AvgIpc) is 3.18. The Bertz CT molecular complexity index is 1020. The van der Waals surface area contributed by atoms with Crippen LogP contribution in [-0.4, -0.2) is 61.8 Å². The van der Waals surface area contributed by atoms with Gasteiger partial charge in [0.25, 0.3) is 0 Å². The first kappa shape index (κ1) is 20.9. The monoisotopic (exact) mass is 445 g/mol. The molecular formula is C22H24ClN3O3S. The molecular weight excluding hydrogens is 422 g/mol. The predicted octanol–water partition coefficient (Wildman–Crippen LogP) is 4.33. The number of rotatable bonds is 7. The van der Waals surface area contributed by atoms with E-state index in [-0.39, 0.29) is 5.97 Å². The van der Waals surface area contributed by atoms with Gasteiger partial charge in [0.1, 0.15) is 17.9 Å². The van der Waals surface area contributed by atoms with Gasteiger partial charge < -0.3 is 14.4 Å². The molecule has 0 saturated carbocycles. The third-order valence-electron chi connectivity index (χ3n) is 5.03. The lowest BCUT2D eigenvalue weighted by atomic mass is 10.2. The fourth-order valence-electron chi connectivity index (χ4n) is 3.44. The fraction of sp³-hybridized carbons (Fsp3) is 0.364. The van der Waals surface area contributed by atoms with Crippen molar-refractivity contribution in [2.45, 2.75) is 6.92 Å². The number of anilines is 1. The standard InChI is InChI=1S/C22H24ClN3O3S/c1-2-28-21(27)17-5-3-4-6-19(17)29-14-13-25-9-11-26(12-10-25)22-24-18-8-7-16(23)15-20(18)30-22/h3-8,15H,2,9-14H2,1H3. The third-order valence-corrected chi connectivity index (χ3v) is 6.34. The summed E-state index contributed by atoms with van der Waals surface area (Å²) in [5.41, 5.74) is 1.47. The zero-order chi connectivity index (χ0) is 20.9. The van der Waals surface area contributed by atoms with Crippen molar-refractivity contribution in [3.63, 3.8) is 0 Å². The lowest BCUT2D eigenvalue weighted by Gasteiger charge is -2.34. The molecule has 0 radical (unpaired) electrons. The molecule has 0 N–H and O–H groups in total. The number of benzene rings is 2. The maximum absolute atomic E-state index is 12.1. The molecule has 3 aromatic rings. The van der Waals surface area contributed by atoms with E-state index in [9.17, 15) is 4.79 Å². The summed E-state index contributed by atoms with van der Waals surface area (Å²) >= 11 is 7.78. The number of thiazole rings is 1. The number of carbonyl (C=O) groups excluding carboxylic acids is 1. The first-order chi connectivity index (χ1) is 14.6. The lowest BCUT2D eigenvalue weighted by molar-refractivity contribution is 0.0521. The van der Waals surface area contributed by atoms with Gasteiger partial charge in [0.2, 0.25) is 0 Å². The minimum absolute atomic E-state index is 0.346. The molecule has 0 aliphatic carbocycles. The van der Waals surface area contributed by atoms with Crippen LogP contribution in [0.1, 0.15) is 17.3 Å². The Balaban J connectivity index is 1.28. The molecule has 8 heteroatoms.